The number of benzene rings is 2. The van der Waals surface area contributed by atoms with Crippen molar-refractivity contribution >= 4 is 17.6 Å². The van der Waals surface area contributed by atoms with Gasteiger partial charge in [-0.2, -0.15) is 0 Å². The van der Waals surface area contributed by atoms with Gasteiger partial charge in [0, 0.05) is 18.1 Å². The van der Waals surface area contributed by atoms with Crippen LogP contribution in [0.4, 0.5) is 4.79 Å². The molecule has 0 aromatic heterocycles. The molecule has 2 aromatic carbocycles. The molecule has 2 amide bonds. The van der Waals surface area contributed by atoms with Crippen LogP contribution in [0.25, 0.3) is 0 Å². The Morgan fingerprint density at radius 2 is 1.39 bits per heavy atom. The zero-order valence-electron chi connectivity index (χ0n) is 13.3. The Balaban J connectivity index is 1.79. The molecule has 2 aromatic rings. The van der Waals surface area contributed by atoms with Crippen molar-refractivity contribution in [3.05, 3.63) is 70.2 Å². The first kappa shape index (κ1) is 17.3. The molecule has 0 aliphatic heterocycles. The van der Waals surface area contributed by atoms with Crippen LogP contribution >= 0.6 is 11.6 Å². The van der Waals surface area contributed by atoms with E-state index in [9.17, 15) is 9.90 Å². The Morgan fingerprint density at radius 3 is 1.83 bits per heavy atom. The first-order valence-corrected chi connectivity index (χ1v) is 7.80. The normalized spacial score (nSPS) is 11.1. The van der Waals surface area contributed by atoms with Gasteiger partial charge in [-0.3, -0.25) is 0 Å². The Hall–Kier alpha value is -2.04. The standard InChI is InChI=1S/C18H21ClN2O2/c1-18(2,23)15-7-3-13(4-8-15)11-20-17(22)21-12-14-5-9-16(19)10-6-14/h3-10,23H,11-12H2,1-2H3,(H2,20,21,22). The number of aliphatic hydroxyl groups is 1. The first-order valence-electron chi connectivity index (χ1n) is 7.42. The van der Waals surface area contributed by atoms with E-state index in [0.29, 0.717) is 18.1 Å². The van der Waals surface area contributed by atoms with Gasteiger partial charge >= 0.3 is 6.03 Å². The van der Waals surface area contributed by atoms with E-state index >= 15 is 0 Å². The fourth-order valence-electron chi connectivity index (χ4n) is 2.06. The fraction of sp³-hybridized carbons (Fsp3) is 0.278. The summed E-state index contributed by atoms with van der Waals surface area (Å²) in [5, 5.41) is 16.2. The van der Waals surface area contributed by atoms with Gasteiger partial charge in [0.05, 0.1) is 5.60 Å². The summed E-state index contributed by atoms with van der Waals surface area (Å²) in [4.78, 5) is 11.8. The maximum atomic E-state index is 11.8. The number of hydrogen-bond donors (Lipinski definition) is 3. The number of amides is 2. The van der Waals surface area contributed by atoms with Gasteiger partial charge in [-0.15, -0.1) is 0 Å². The average Bonchev–Trinajstić information content (AvgIpc) is 2.52. The highest BCUT2D eigenvalue weighted by atomic mass is 35.5. The summed E-state index contributed by atoms with van der Waals surface area (Å²) >= 11 is 5.82. The minimum atomic E-state index is -0.859. The highest BCUT2D eigenvalue weighted by Gasteiger charge is 2.15. The third-order valence-corrected chi connectivity index (χ3v) is 3.73. The van der Waals surface area contributed by atoms with Crippen molar-refractivity contribution in [2.24, 2.45) is 0 Å². The minimum absolute atomic E-state index is 0.230. The predicted octanol–water partition coefficient (Wildman–Crippen LogP) is 3.57. The van der Waals surface area contributed by atoms with Gasteiger partial charge in [-0.05, 0) is 42.7 Å². The van der Waals surface area contributed by atoms with Gasteiger partial charge in [-0.1, -0.05) is 48.0 Å². The SMILES string of the molecule is CC(C)(O)c1ccc(CNC(=O)NCc2ccc(Cl)cc2)cc1. The van der Waals surface area contributed by atoms with Crippen LogP contribution in [0.2, 0.25) is 5.02 Å². The lowest BCUT2D eigenvalue weighted by molar-refractivity contribution is 0.0786. The molecule has 3 N–H and O–H groups in total. The highest BCUT2D eigenvalue weighted by molar-refractivity contribution is 6.30. The molecule has 2 rings (SSSR count). The number of halogens is 1. The molecular weight excluding hydrogens is 312 g/mol. The molecule has 0 unspecified atom stereocenters. The molecule has 0 aliphatic rings. The molecule has 23 heavy (non-hydrogen) atoms. The topological polar surface area (TPSA) is 61.4 Å². The summed E-state index contributed by atoms with van der Waals surface area (Å²) in [7, 11) is 0. The molecule has 122 valence electrons. The number of carbonyl (C=O) groups is 1. The van der Waals surface area contributed by atoms with Gasteiger partial charge in [0.2, 0.25) is 0 Å². The van der Waals surface area contributed by atoms with Crippen molar-refractivity contribution in [1.82, 2.24) is 10.6 Å². The Kier molecular flexibility index (Phi) is 5.64. The lowest BCUT2D eigenvalue weighted by atomic mass is 9.97. The van der Waals surface area contributed by atoms with Crippen LogP contribution in [0.15, 0.2) is 48.5 Å². The summed E-state index contributed by atoms with van der Waals surface area (Å²) in [6.45, 7) is 4.36. The molecule has 0 aliphatic carbocycles. The van der Waals surface area contributed by atoms with Crippen molar-refractivity contribution in [1.29, 1.82) is 0 Å². The molecular formula is C18H21ClN2O2. The number of rotatable bonds is 5. The Morgan fingerprint density at radius 1 is 0.957 bits per heavy atom. The number of nitrogens with one attached hydrogen (secondary N) is 2. The summed E-state index contributed by atoms with van der Waals surface area (Å²) in [6.07, 6.45) is 0. The third kappa shape index (κ3) is 5.58. The molecule has 4 nitrogen and oxygen atoms in total. The van der Waals surface area contributed by atoms with E-state index in [4.69, 9.17) is 11.6 Å². The summed E-state index contributed by atoms with van der Waals surface area (Å²) < 4.78 is 0. The predicted molar refractivity (Wildman–Crippen MR) is 92.2 cm³/mol. The number of urea groups is 1. The molecule has 0 bridgehead atoms. The van der Waals surface area contributed by atoms with Gasteiger partial charge in [0.1, 0.15) is 0 Å². The van der Waals surface area contributed by atoms with Crippen LogP contribution in [-0.2, 0) is 18.7 Å². The van der Waals surface area contributed by atoms with Crippen LogP contribution in [0.1, 0.15) is 30.5 Å². The van der Waals surface area contributed by atoms with E-state index in [1.807, 2.05) is 36.4 Å². The van der Waals surface area contributed by atoms with Crippen molar-refractivity contribution in [3.63, 3.8) is 0 Å². The van der Waals surface area contributed by atoms with Crippen LogP contribution in [0, 0.1) is 0 Å². The second-order valence-corrected chi connectivity index (χ2v) is 6.36. The second-order valence-electron chi connectivity index (χ2n) is 5.92. The van der Waals surface area contributed by atoms with Crippen LogP contribution in [0.5, 0.6) is 0 Å². The Labute approximate surface area is 141 Å². The van der Waals surface area contributed by atoms with E-state index in [0.717, 1.165) is 16.7 Å². The maximum Gasteiger partial charge on any atom is 0.315 e. The Bertz CT molecular complexity index is 646. The summed E-state index contributed by atoms with van der Waals surface area (Å²) in [6, 6.07) is 14.6. The monoisotopic (exact) mass is 332 g/mol. The lowest BCUT2D eigenvalue weighted by Crippen LogP contribution is -2.34. The molecule has 0 fully saturated rings. The zero-order chi connectivity index (χ0) is 16.9. The molecule has 0 radical (unpaired) electrons. The third-order valence-electron chi connectivity index (χ3n) is 3.48. The smallest absolute Gasteiger partial charge is 0.315 e. The van der Waals surface area contributed by atoms with Crippen molar-refractivity contribution in [3.8, 4) is 0 Å². The van der Waals surface area contributed by atoms with Gasteiger partial charge in [0.15, 0.2) is 0 Å². The molecule has 0 spiro atoms. The van der Waals surface area contributed by atoms with Gasteiger partial charge in [0.25, 0.3) is 0 Å². The van der Waals surface area contributed by atoms with E-state index < -0.39 is 5.60 Å². The van der Waals surface area contributed by atoms with Crippen LogP contribution < -0.4 is 10.6 Å². The van der Waals surface area contributed by atoms with Crippen molar-refractivity contribution < 1.29 is 9.90 Å². The quantitative estimate of drug-likeness (QED) is 0.784. The largest absolute Gasteiger partial charge is 0.386 e. The molecule has 0 saturated carbocycles. The summed E-state index contributed by atoms with van der Waals surface area (Å²) in [5.41, 5.74) is 1.94. The fourth-order valence-corrected chi connectivity index (χ4v) is 2.19. The minimum Gasteiger partial charge on any atom is -0.386 e. The average molecular weight is 333 g/mol. The molecule has 0 heterocycles. The van der Waals surface area contributed by atoms with Crippen molar-refractivity contribution in [2.45, 2.75) is 32.5 Å². The molecule has 5 heteroatoms. The molecule has 0 atom stereocenters. The second kappa shape index (κ2) is 7.49. The molecule has 0 saturated heterocycles. The number of carbonyl (C=O) groups excluding carboxylic acids is 1. The maximum absolute atomic E-state index is 11.8. The first-order chi connectivity index (χ1) is 10.8. The summed E-state index contributed by atoms with van der Waals surface area (Å²) in [5.74, 6) is 0. The highest BCUT2D eigenvalue weighted by Crippen LogP contribution is 2.19. The van der Waals surface area contributed by atoms with Crippen LogP contribution in [-0.4, -0.2) is 11.1 Å². The van der Waals surface area contributed by atoms with Crippen LogP contribution in [0.3, 0.4) is 0 Å². The van der Waals surface area contributed by atoms with Gasteiger partial charge in [-0.25, -0.2) is 4.79 Å². The number of hydrogen-bond acceptors (Lipinski definition) is 2. The van der Waals surface area contributed by atoms with E-state index in [1.165, 1.54) is 0 Å². The van der Waals surface area contributed by atoms with E-state index in [2.05, 4.69) is 10.6 Å². The zero-order valence-corrected chi connectivity index (χ0v) is 14.0. The lowest BCUT2D eigenvalue weighted by Gasteiger charge is -2.18. The van der Waals surface area contributed by atoms with E-state index in [1.54, 1.807) is 26.0 Å². The van der Waals surface area contributed by atoms with E-state index in [-0.39, 0.29) is 6.03 Å². The van der Waals surface area contributed by atoms with Crippen molar-refractivity contribution in [2.75, 3.05) is 0 Å². The van der Waals surface area contributed by atoms with Gasteiger partial charge < -0.3 is 15.7 Å².